The van der Waals surface area contributed by atoms with Gasteiger partial charge in [0, 0.05) is 16.6 Å². The Morgan fingerprint density at radius 1 is 1.23 bits per heavy atom. The fraction of sp³-hybridized carbons (Fsp3) is 0.294. The fourth-order valence-corrected chi connectivity index (χ4v) is 2.40. The molecule has 0 unspecified atom stereocenters. The van der Waals surface area contributed by atoms with Crippen molar-refractivity contribution in [1.29, 1.82) is 0 Å². The Hall–Kier alpha value is -1.88. The molecule has 0 radical (unpaired) electrons. The van der Waals surface area contributed by atoms with Crippen LogP contribution >= 0.6 is 15.9 Å². The number of amides is 1. The van der Waals surface area contributed by atoms with Crippen molar-refractivity contribution in [3.8, 4) is 0 Å². The van der Waals surface area contributed by atoms with E-state index in [4.69, 9.17) is 0 Å². The minimum absolute atomic E-state index is 0.169. The van der Waals surface area contributed by atoms with E-state index in [0.29, 0.717) is 11.4 Å². The Balaban J connectivity index is 1.89. The molecule has 1 amide bonds. The summed E-state index contributed by atoms with van der Waals surface area (Å²) in [7, 11) is 0. The summed E-state index contributed by atoms with van der Waals surface area (Å²) in [6.07, 6.45) is 5.32. The second kappa shape index (κ2) is 8.54. The summed E-state index contributed by atoms with van der Waals surface area (Å²) in [5.74, 6) is 0.376. The van der Waals surface area contributed by atoms with Gasteiger partial charge in [-0.15, -0.1) is 0 Å². The molecular weight excluding hydrogens is 342 g/mol. The molecule has 0 fully saturated rings. The van der Waals surface area contributed by atoms with Crippen molar-refractivity contribution >= 4 is 33.3 Å². The zero-order chi connectivity index (χ0) is 15.8. The number of carbonyl (C=O) groups excluding carboxylic acids is 1. The molecule has 0 atom stereocenters. The van der Waals surface area contributed by atoms with Gasteiger partial charge >= 0.3 is 0 Å². The van der Waals surface area contributed by atoms with Gasteiger partial charge in [-0.05, 0) is 36.8 Å². The van der Waals surface area contributed by atoms with Gasteiger partial charge in [-0.2, -0.15) is 0 Å². The van der Waals surface area contributed by atoms with E-state index >= 15 is 0 Å². The van der Waals surface area contributed by atoms with E-state index < -0.39 is 0 Å². The van der Waals surface area contributed by atoms with Crippen molar-refractivity contribution in [2.75, 3.05) is 17.2 Å². The molecule has 0 bridgehead atoms. The van der Waals surface area contributed by atoms with Crippen LogP contribution in [0.15, 0.2) is 47.1 Å². The number of anilines is 2. The number of unbranched alkanes of at least 4 members (excludes halogenated alkanes) is 2. The molecule has 0 saturated carbocycles. The summed E-state index contributed by atoms with van der Waals surface area (Å²) >= 11 is 3.36. The van der Waals surface area contributed by atoms with Gasteiger partial charge in [0.2, 0.25) is 0 Å². The molecule has 4 nitrogen and oxygen atoms in total. The summed E-state index contributed by atoms with van der Waals surface area (Å²) in [5.41, 5.74) is 1.56. The molecule has 5 heteroatoms. The maximum Gasteiger partial charge on any atom is 0.256 e. The van der Waals surface area contributed by atoms with Crippen LogP contribution in [0.25, 0.3) is 0 Å². The third-order valence-corrected chi connectivity index (χ3v) is 3.69. The molecular formula is C17H20BrN3O. The van der Waals surface area contributed by atoms with Gasteiger partial charge in [-0.3, -0.25) is 4.79 Å². The average molecular weight is 362 g/mol. The van der Waals surface area contributed by atoms with Crippen LogP contribution in [0, 0.1) is 0 Å². The van der Waals surface area contributed by atoms with Gasteiger partial charge in [0.25, 0.3) is 5.91 Å². The van der Waals surface area contributed by atoms with Gasteiger partial charge in [0.15, 0.2) is 0 Å². The first-order chi connectivity index (χ1) is 10.7. The summed E-state index contributed by atoms with van der Waals surface area (Å²) in [4.78, 5) is 16.4. The van der Waals surface area contributed by atoms with Crippen molar-refractivity contribution in [2.45, 2.75) is 26.2 Å². The molecule has 1 aromatic carbocycles. The number of benzene rings is 1. The zero-order valence-corrected chi connectivity index (χ0v) is 14.2. The quantitative estimate of drug-likeness (QED) is 0.702. The highest BCUT2D eigenvalue weighted by atomic mass is 79.9. The van der Waals surface area contributed by atoms with Crippen LogP contribution in [0.4, 0.5) is 11.5 Å². The first-order valence-corrected chi connectivity index (χ1v) is 8.25. The van der Waals surface area contributed by atoms with Crippen LogP contribution < -0.4 is 10.6 Å². The van der Waals surface area contributed by atoms with Crippen molar-refractivity contribution in [3.63, 3.8) is 0 Å². The highest BCUT2D eigenvalue weighted by molar-refractivity contribution is 9.10. The molecule has 1 aromatic heterocycles. The molecule has 2 aromatic rings. The van der Waals surface area contributed by atoms with Crippen molar-refractivity contribution in [1.82, 2.24) is 4.98 Å². The van der Waals surface area contributed by atoms with E-state index in [1.54, 1.807) is 24.4 Å². The number of nitrogens with one attached hydrogen (secondary N) is 2. The number of halogens is 1. The van der Waals surface area contributed by atoms with Crippen molar-refractivity contribution in [2.24, 2.45) is 0 Å². The molecule has 1 heterocycles. The van der Waals surface area contributed by atoms with Crippen molar-refractivity contribution < 1.29 is 4.79 Å². The number of hydrogen-bond donors (Lipinski definition) is 2. The summed E-state index contributed by atoms with van der Waals surface area (Å²) < 4.78 is 0.875. The van der Waals surface area contributed by atoms with Gasteiger partial charge in [-0.25, -0.2) is 4.98 Å². The van der Waals surface area contributed by atoms with Crippen LogP contribution in [0.1, 0.15) is 36.5 Å². The summed E-state index contributed by atoms with van der Waals surface area (Å²) in [5, 5.41) is 6.11. The van der Waals surface area contributed by atoms with E-state index in [1.165, 1.54) is 12.8 Å². The summed E-state index contributed by atoms with van der Waals surface area (Å²) in [6.45, 7) is 3.13. The van der Waals surface area contributed by atoms with Crippen LogP contribution in [0.5, 0.6) is 0 Å². The molecule has 0 aliphatic carbocycles. The van der Waals surface area contributed by atoms with Crippen LogP contribution in [-0.4, -0.2) is 17.4 Å². The van der Waals surface area contributed by atoms with E-state index in [9.17, 15) is 4.79 Å². The largest absolute Gasteiger partial charge is 0.384 e. The lowest BCUT2D eigenvalue weighted by Gasteiger charge is -2.08. The molecule has 2 rings (SSSR count). The lowest BCUT2D eigenvalue weighted by molar-refractivity contribution is 0.102. The molecule has 116 valence electrons. The molecule has 0 spiro atoms. The average Bonchev–Trinajstić information content (AvgIpc) is 2.53. The Morgan fingerprint density at radius 2 is 2.09 bits per heavy atom. The number of rotatable bonds is 7. The standard InChI is InChI=1S/C17H20BrN3O/c1-2-3-4-10-19-15-8-9-16(20-12-15)21-17(22)13-6-5-7-14(18)11-13/h5-9,11-12,19H,2-4,10H2,1H3,(H,20,21,22). The molecule has 0 aliphatic rings. The zero-order valence-electron chi connectivity index (χ0n) is 12.6. The second-order valence-electron chi connectivity index (χ2n) is 5.03. The number of pyridine rings is 1. The third-order valence-electron chi connectivity index (χ3n) is 3.20. The number of nitrogens with zero attached hydrogens (tertiary/aromatic N) is 1. The van der Waals surface area contributed by atoms with Gasteiger partial charge in [-0.1, -0.05) is 41.8 Å². The SMILES string of the molecule is CCCCCNc1ccc(NC(=O)c2cccc(Br)c2)nc1. The normalized spacial score (nSPS) is 10.3. The molecule has 22 heavy (non-hydrogen) atoms. The Kier molecular flexibility index (Phi) is 6.40. The lowest BCUT2D eigenvalue weighted by atomic mass is 10.2. The topological polar surface area (TPSA) is 54.0 Å². The van der Waals surface area contributed by atoms with E-state index in [0.717, 1.165) is 23.1 Å². The minimum atomic E-state index is -0.169. The molecule has 0 aliphatic heterocycles. The van der Waals surface area contributed by atoms with Crippen LogP contribution in [0.3, 0.4) is 0 Å². The number of hydrogen-bond acceptors (Lipinski definition) is 3. The van der Waals surface area contributed by atoms with Crippen molar-refractivity contribution in [3.05, 3.63) is 52.6 Å². The van der Waals surface area contributed by atoms with Gasteiger partial charge in [0.05, 0.1) is 11.9 Å². The van der Waals surface area contributed by atoms with E-state index in [2.05, 4.69) is 38.5 Å². The minimum Gasteiger partial charge on any atom is -0.384 e. The predicted molar refractivity (Wildman–Crippen MR) is 94.3 cm³/mol. The Bertz CT molecular complexity index is 614. The smallest absolute Gasteiger partial charge is 0.256 e. The highest BCUT2D eigenvalue weighted by Gasteiger charge is 2.07. The Labute approximate surface area is 139 Å². The first kappa shape index (κ1) is 16.5. The van der Waals surface area contributed by atoms with Gasteiger partial charge in [0.1, 0.15) is 5.82 Å². The maximum atomic E-state index is 12.1. The summed E-state index contributed by atoms with van der Waals surface area (Å²) in [6, 6.07) is 11.0. The lowest BCUT2D eigenvalue weighted by Crippen LogP contribution is -2.13. The highest BCUT2D eigenvalue weighted by Crippen LogP contribution is 2.14. The first-order valence-electron chi connectivity index (χ1n) is 7.46. The van der Waals surface area contributed by atoms with E-state index in [-0.39, 0.29) is 5.91 Å². The third kappa shape index (κ3) is 5.15. The van der Waals surface area contributed by atoms with E-state index in [1.807, 2.05) is 18.2 Å². The van der Waals surface area contributed by atoms with Gasteiger partial charge < -0.3 is 10.6 Å². The van der Waals surface area contributed by atoms with Crippen LogP contribution in [0.2, 0.25) is 0 Å². The maximum absolute atomic E-state index is 12.1. The second-order valence-corrected chi connectivity index (χ2v) is 5.95. The molecule has 0 saturated heterocycles. The molecule has 2 N–H and O–H groups in total. The monoisotopic (exact) mass is 361 g/mol. The fourth-order valence-electron chi connectivity index (χ4n) is 2.00. The number of carbonyl (C=O) groups is 1. The predicted octanol–water partition coefficient (Wildman–Crippen LogP) is 4.70. The Morgan fingerprint density at radius 3 is 2.77 bits per heavy atom. The van der Waals surface area contributed by atoms with Crippen LogP contribution in [-0.2, 0) is 0 Å². The number of aromatic nitrogens is 1.